The van der Waals surface area contributed by atoms with E-state index in [0.29, 0.717) is 15.7 Å². The predicted molar refractivity (Wildman–Crippen MR) is 86.6 cm³/mol. The van der Waals surface area contributed by atoms with Crippen LogP contribution < -0.4 is 4.31 Å². The molecule has 0 saturated carbocycles. The highest BCUT2D eigenvalue weighted by Crippen LogP contribution is 2.30. The zero-order chi connectivity index (χ0) is 17.3. The van der Waals surface area contributed by atoms with E-state index in [0.717, 1.165) is 22.7 Å². The number of hydrogen-bond donors (Lipinski definition) is 0. The molecule has 23 heavy (non-hydrogen) atoms. The first-order valence-electron chi connectivity index (χ1n) is 6.47. The summed E-state index contributed by atoms with van der Waals surface area (Å²) in [5.41, 5.74) is 0.125. The van der Waals surface area contributed by atoms with Crippen molar-refractivity contribution < 1.29 is 21.6 Å². The van der Waals surface area contributed by atoms with Gasteiger partial charge in [0.05, 0.1) is 24.1 Å². The topological polar surface area (TPSA) is 37.4 Å². The van der Waals surface area contributed by atoms with Crippen LogP contribution >= 0.6 is 15.9 Å². The highest BCUT2D eigenvalue weighted by molar-refractivity contribution is 9.10. The van der Waals surface area contributed by atoms with Crippen molar-refractivity contribution >= 4 is 31.6 Å². The zero-order valence-corrected chi connectivity index (χ0v) is 14.4. The molecule has 0 aliphatic heterocycles. The lowest BCUT2D eigenvalue weighted by atomic mass is 10.1. The van der Waals surface area contributed by atoms with Gasteiger partial charge in [-0.05, 0) is 35.9 Å². The van der Waals surface area contributed by atoms with Crippen molar-refractivity contribution in [1.29, 1.82) is 0 Å². The maximum atomic E-state index is 12.6. The van der Waals surface area contributed by atoms with Crippen LogP contribution in [0.1, 0.15) is 11.1 Å². The highest BCUT2D eigenvalue weighted by Gasteiger charge is 2.30. The van der Waals surface area contributed by atoms with Crippen molar-refractivity contribution in [2.75, 3.05) is 10.6 Å². The molecule has 0 N–H and O–H groups in total. The minimum atomic E-state index is -4.42. The molecule has 0 amide bonds. The molecule has 8 heteroatoms. The molecular weight excluding hydrogens is 395 g/mol. The average Bonchev–Trinajstić information content (AvgIpc) is 2.43. The Hall–Kier alpha value is -1.54. The smallest absolute Gasteiger partial charge is 0.266 e. The van der Waals surface area contributed by atoms with Crippen molar-refractivity contribution in [2.45, 2.75) is 12.7 Å². The van der Waals surface area contributed by atoms with Crippen LogP contribution in [0.4, 0.5) is 18.9 Å². The summed E-state index contributed by atoms with van der Waals surface area (Å²) in [6, 6.07) is 11.1. The van der Waals surface area contributed by atoms with Crippen molar-refractivity contribution in [2.24, 2.45) is 0 Å². The molecule has 0 radical (unpaired) electrons. The normalized spacial score (nSPS) is 12.2. The summed E-state index contributed by atoms with van der Waals surface area (Å²) in [6.07, 6.45) is -3.36. The first-order valence-corrected chi connectivity index (χ1v) is 9.11. The van der Waals surface area contributed by atoms with Crippen LogP contribution in [0, 0.1) is 0 Å². The van der Waals surface area contributed by atoms with E-state index >= 15 is 0 Å². The third kappa shape index (κ3) is 4.71. The van der Waals surface area contributed by atoms with Crippen LogP contribution in [0.2, 0.25) is 0 Å². The minimum Gasteiger partial charge on any atom is -0.266 e. The Labute approximate surface area is 140 Å². The summed E-state index contributed by atoms with van der Waals surface area (Å²) >= 11 is 3.27. The number of nitrogens with zero attached hydrogens (tertiary/aromatic N) is 1. The molecule has 0 fully saturated rings. The molecule has 0 spiro atoms. The monoisotopic (exact) mass is 407 g/mol. The summed E-state index contributed by atoms with van der Waals surface area (Å²) in [7, 11) is -3.58. The van der Waals surface area contributed by atoms with Crippen LogP contribution in [-0.2, 0) is 22.7 Å². The van der Waals surface area contributed by atoms with Gasteiger partial charge in [-0.1, -0.05) is 34.1 Å². The van der Waals surface area contributed by atoms with Gasteiger partial charge in [0.15, 0.2) is 0 Å². The van der Waals surface area contributed by atoms with Gasteiger partial charge in [0.25, 0.3) is 0 Å². The molecule has 2 aromatic rings. The van der Waals surface area contributed by atoms with Crippen molar-refractivity contribution in [3.8, 4) is 0 Å². The van der Waals surface area contributed by atoms with Crippen LogP contribution in [0.3, 0.4) is 0 Å². The molecule has 0 bridgehead atoms. The number of halogens is 4. The third-order valence-electron chi connectivity index (χ3n) is 3.10. The van der Waals surface area contributed by atoms with Gasteiger partial charge in [-0.3, -0.25) is 4.31 Å². The Morgan fingerprint density at radius 1 is 1.09 bits per heavy atom. The molecule has 0 atom stereocenters. The molecular formula is C15H13BrF3NO2S. The fourth-order valence-electron chi connectivity index (χ4n) is 2.00. The molecule has 0 saturated heterocycles. The summed E-state index contributed by atoms with van der Waals surface area (Å²) in [4.78, 5) is 0. The molecule has 0 aliphatic carbocycles. The van der Waals surface area contributed by atoms with Crippen LogP contribution in [0.5, 0.6) is 0 Å². The first kappa shape index (κ1) is 17.8. The number of benzene rings is 2. The van der Waals surface area contributed by atoms with Gasteiger partial charge in [-0.25, -0.2) is 8.42 Å². The standard InChI is InChI=1S/C15H13BrF3NO2S/c1-23(21,22)20(14-4-2-3-13(16)9-14)10-11-5-7-12(8-6-11)15(17,18)19/h2-9H,10H2,1H3. The maximum Gasteiger partial charge on any atom is 0.416 e. The summed E-state index contributed by atoms with van der Waals surface area (Å²) in [5.74, 6) is 0. The van der Waals surface area contributed by atoms with Crippen LogP contribution in [0.25, 0.3) is 0 Å². The first-order chi connectivity index (χ1) is 10.6. The largest absolute Gasteiger partial charge is 0.416 e. The van der Waals surface area contributed by atoms with E-state index in [2.05, 4.69) is 15.9 Å². The van der Waals surface area contributed by atoms with E-state index in [1.165, 1.54) is 12.1 Å². The van der Waals surface area contributed by atoms with Gasteiger partial charge >= 0.3 is 6.18 Å². The number of hydrogen-bond acceptors (Lipinski definition) is 2. The van der Waals surface area contributed by atoms with Crippen molar-refractivity contribution in [1.82, 2.24) is 0 Å². The average molecular weight is 408 g/mol. The van der Waals surface area contributed by atoms with E-state index in [-0.39, 0.29) is 6.54 Å². The van der Waals surface area contributed by atoms with Crippen LogP contribution in [-0.4, -0.2) is 14.7 Å². The lowest BCUT2D eigenvalue weighted by molar-refractivity contribution is -0.137. The summed E-state index contributed by atoms with van der Waals surface area (Å²) in [6.45, 7) is -0.0482. The lowest BCUT2D eigenvalue weighted by Gasteiger charge is -2.23. The number of alkyl halides is 3. The molecule has 2 aromatic carbocycles. The summed E-state index contributed by atoms with van der Waals surface area (Å²) in [5, 5.41) is 0. The Kier molecular flexibility index (Phi) is 5.05. The Morgan fingerprint density at radius 2 is 1.70 bits per heavy atom. The van der Waals surface area contributed by atoms with Crippen molar-refractivity contribution in [3.05, 3.63) is 64.1 Å². The highest BCUT2D eigenvalue weighted by atomic mass is 79.9. The second-order valence-electron chi connectivity index (χ2n) is 4.94. The minimum absolute atomic E-state index is 0.0482. The van der Waals surface area contributed by atoms with Gasteiger partial charge in [-0.2, -0.15) is 13.2 Å². The molecule has 0 unspecified atom stereocenters. The summed E-state index contributed by atoms with van der Waals surface area (Å²) < 4.78 is 63.6. The van der Waals surface area contributed by atoms with E-state index in [4.69, 9.17) is 0 Å². The Balaban J connectivity index is 2.33. The second-order valence-corrected chi connectivity index (χ2v) is 7.77. The fraction of sp³-hybridized carbons (Fsp3) is 0.200. The van der Waals surface area contributed by atoms with E-state index < -0.39 is 21.8 Å². The van der Waals surface area contributed by atoms with E-state index in [1.807, 2.05) is 0 Å². The van der Waals surface area contributed by atoms with E-state index in [1.54, 1.807) is 24.3 Å². The number of sulfonamides is 1. The molecule has 0 aliphatic rings. The predicted octanol–water partition coefficient (Wildman–Crippen LogP) is 4.43. The lowest BCUT2D eigenvalue weighted by Crippen LogP contribution is -2.29. The molecule has 0 heterocycles. The van der Waals surface area contributed by atoms with Gasteiger partial charge < -0.3 is 0 Å². The third-order valence-corrected chi connectivity index (χ3v) is 4.74. The number of anilines is 1. The molecule has 124 valence electrons. The second kappa shape index (κ2) is 6.52. The van der Waals surface area contributed by atoms with Crippen molar-refractivity contribution in [3.63, 3.8) is 0 Å². The van der Waals surface area contributed by atoms with Gasteiger partial charge in [-0.15, -0.1) is 0 Å². The molecule has 2 rings (SSSR count). The maximum absolute atomic E-state index is 12.6. The Morgan fingerprint density at radius 3 is 2.17 bits per heavy atom. The van der Waals surface area contributed by atoms with Crippen LogP contribution in [0.15, 0.2) is 53.0 Å². The molecule has 3 nitrogen and oxygen atoms in total. The number of rotatable bonds is 4. The zero-order valence-electron chi connectivity index (χ0n) is 12.0. The fourth-order valence-corrected chi connectivity index (χ4v) is 3.26. The van der Waals surface area contributed by atoms with E-state index in [9.17, 15) is 21.6 Å². The SMILES string of the molecule is CS(=O)(=O)N(Cc1ccc(C(F)(F)F)cc1)c1cccc(Br)c1. The van der Waals surface area contributed by atoms with Gasteiger partial charge in [0.2, 0.25) is 10.0 Å². The van der Waals surface area contributed by atoms with Gasteiger partial charge in [0, 0.05) is 4.47 Å². The quantitative estimate of drug-likeness (QED) is 0.751. The Bertz CT molecular complexity index is 789. The van der Waals surface area contributed by atoms with Gasteiger partial charge in [0.1, 0.15) is 0 Å². The molecule has 0 aromatic heterocycles.